The number of alkyl halides is 1. The molecule has 0 aliphatic heterocycles. The van der Waals surface area contributed by atoms with E-state index in [0.29, 0.717) is 10.9 Å². The molecule has 16 heavy (non-hydrogen) atoms. The molecule has 0 aliphatic carbocycles. The van der Waals surface area contributed by atoms with Gasteiger partial charge in [0.15, 0.2) is 0 Å². The monoisotopic (exact) mass is 397 g/mol. The first kappa shape index (κ1) is 13.8. The fraction of sp³-hybridized carbons (Fsp3) is 0.364. The van der Waals surface area contributed by atoms with Crippen LogP contribution in [0, 0.1) is 3.57 Å². The van der Waals surface area contributed by atoms with E-state index in [1.807, 2.05) is 6.92 Å². The summed E-state index contributed by atoms with van der Waals surface area (Å²) in [5.41, 5.74) is 0.325. The van der Waals surface area contributed by atoms with E-state index in [0.717, 1.165) is 9.99 Å². The Bertz CT molecular complexity index is 380. The highest BCUT2D eigenvalue weighted by Gasteiger charge is 2.14. The van der Waals surface area contributed by atoms with Gasteiger partial charge in [-0.05, 0) is 47.2 Å². The summed E-state index contributed by atoms with van der Waals surface area (Å²) < 4.78 is 0.924. The van der Waals surface area contributed by atoms with Crippen LogP contribution in [0.4, 0.5) is 0 Å². The lowest BCUT2D eigenvalue weighted by Crippen LogP contribution is -2.35. The number of carbonyl (C=O) groups excluding carboxylic acids is 1. The summed E-state index contributed by atoms with van der Waals surface area (Å²) >= 11 is 5.44. The van der Waals surface area contributed by atoms with Gasteiger partial charge in [0.05, 0.1) is 5.56 Å². The molecular weight excluding hydrogens is 385 g/mol. The van der Waals surface area contributed by atoms with Gasteiger partial charge in [-0.2, -0.15) is 0 Å². The van der Waals surface area contributed by atoms with Crippen molar-refractivity contribution in [3.05, 3.63) is 27.3 Å². The molecule has 1 unspecified atom stereocenters. The van der Waals surface area contributed by atoms with Crippen molar-refractivity contribution in [2.75, 3.05) is 5.33 Å². The van der Waals surface area contributed by atoms with Crippen LogP contribution in [-0.2, 0) is 0 Å². The van der Waals surface area contributed by atoms with Crippen molar-refractivity contribution in [2.24, 2.45) is 0 Å². The first-order valence-electron chi connectivity index (χ1n) is 4.93. The molecule has 0 radical (unpaired) electrons. The van der Waals surface area contributed by atoms with E-state index in [1.165, 1.54) is 6.07 Å². The Morgan fingerprint density at radius 1 is 1.62 bits per heavy atom. The third-order valence-electron chi connectivity index (χ3n) is 2.22. The first-order chi connectivity index (χ1) is 7.58. The Hall–Kier alpha value is -0.300. The summed E-state index contributed by atoms with van der Waals surface area (Å²) in [4.78, 5) is 11.9. The molecule has 0 fully saturated rings. The SMILES string of the molecule is CCC(CBr)NC(=O)c1cc(I)ccc1O. The number of benzene rings is 1. The minimum Gasteiger partial charge on any atom is -0.507 e. The van der Waals surface area contributed by atoms with Gasteiger partial charge in [-0.15, -0.1) is 0 Å². The van der Waals surface area contributed by atoms with E-state index < -0.39 is 0 Å². The molecule has 5 heteroatoms. The Morgan fingerprint density at radius 2 is 2.31 bits per heavy atom. The van der Waals surface area contributed by atoms with Crippen molar-refractivity contribution >= 4 is 44.4 Å². The van der Waals surface area contributed by atoms with Crippen molar-refractivity contribution in [3.8, 4) is 5.75 Å². The number of phenolic OH excluding ortho intramolecular Hbond substituents is 1. The normalized spacial score (nSPS) is 12.2. The van der Waals surface area contributed by atoms with Gasteiger partial charge in [0.25, 0.3) is 5.91 Å². The summed E-state index contributed by atoms with van der Waals surface area (Å²) in [7, 11) is 0. The lowest BCUT2D eigenvalue weighted by molar-refractivity contribution is 0.0937. The maximum atomic E-state index is 11.9. The summed E-state index contributed by atoms with van der Waals surface area (Å²) in [6.07, 6.45) is 0.849. The standard InChI is InChI=1S/C11H13BrINO2/c1-2-8(6-12)14-11(16)9-5-7(13)3-4-10(9)15/h3-5,8,15H,2,6H2,1H3,(H,14,16). The van der Waals surface area contributed by atoms with Gasteiger partial charge < -0.3 is 10.4 Å². The Balaban J connectivity index is 2.83. The number of hydrogen-bond donors (Lipinski definition) is 2. The number of nitrogens with one attached hydrogen (secondary N) is 1. The number of carbonyl (C=O) groups is 1. The average Bonchev–Trinajstić information content (AvgIpc) is 2.28. The molecule has 1 aromatic carbocycles. The van der Waals surface area contributed by atoms with Gasteiger partial charge in [0.1, 0.15) is 5.75 Å². The second-order valence-corrected chi connectivity index (χ2v) is 5.29. The van der Waals surface area contributed by atoms with Crippen molar-refractivity contribution in [2.45, 2.75) is 19.4 Å². The predicted molar refractivity (Wildman–Crippen MR) is 76.2 cm³/mol. The fourth-order valence-corrected chi connectivity index (χ4v) is 2.31. The van der Waals surface area contributed by atoms with Crippen molar-refractivity contribution in [1.29, 1.82) is 0 Å². The molecule has 88 valence electrons. The summed E-state index contributed by atoms with van der Waals surface area (Å²) in [5.74, 6) is -0.218. The topological polar surface area (TPSA) is 49.3 Å². The molecule has 1 atom stereocenters. The van der Waals surface area contributed by atoms with Crippen LogP contribution in [0.2, 0.25) is 0 Å². The smallest absolute Gasteiger partial charge is 0.255 e. The zero-order valence-electron chi connectivity index (χ0n) is 8.84. The summed E-state index contributed by atoms with van der Waals surface area (Å²) in [5, 5.41) is 13.1. The highest BCUT2D eigenvalue weighted by molar-refractivity contribution is 14.1. The second kappa shape index (κ2) is 6.44. The maximum Gasteiger partial charge on any atom is 0.255 e. The minimum absolute atomic E-state index is 0.0161. The molecule has 0 bridgehead atoms. The Labute approximate surface area is 117 Å². The number of amides is 1. The zero-order valence-corrected chi connectivity index (χ0v) is 12.6. The molecule has 0 heterocycles. The van der Waals surface area contributed by atoms with Gasteiger partial charge >= 0.3 is 0 Å². The van der Waals surface area contributed by atoms with E-state index in [4.69, 9.17) is 0 Å². The largest absolute Gasteiger partial charge is 0.507 e. The van der Waals surface area contributed by atoms with Gasteiger partial charge in [-0.1, -0.05) is 22.9 Å². The lowest BCUT2D eigenvalue weighted by Gasteiger charge is -2.14. The third kappa shape index (κ3) is 3.62. The quantitative estimate of drug-likeness (QED) is 0.606. The van der Waals surface area contributed by atoms with Crippen LogP contribution in [0.15, 0.2) is 18.2 Å². The molecule has 0 aliphatic rings. The summed E-state index contributed by atoms with van der Waals surface area (Å²) in [6, 6.07) is 5.05. The number of hydrogen-bond acceptors (Lipinski definition) is 2. The van der Waals surface area contributed by atoms with E-state index >= 15 is 0 Å². The molecular formula is C11H13BrINO2. The van der Waals surface area contributed by atoms with Crippen LogP contribution >= 0.6 is 38.5 Å². The van der Waals surface area contributed by atoms with Crippen LogP contribution in [-0.4, -0.2) is 22.4 Å². The van der Waals surface area contributed by atoms with Gasteiger partial charge in [-0.3, -0.25) is 4.79 Å². The van der Waals surface area contributed by atoms with Gasteiger partial charge in [0, 0.05) is 14.9 Å². The molecule has 2 N–H and O–H groups in total. The van der Waals surface area contributed by atoms with Crippen molar-refractivity contribution < 1.29 is 9.90 Å². The lowest BCUT2D eigenvalue weighted by atomic mass is 10.1. The fourth-order valence-electron chi connectivity index (χ4n) is 1.20. The number of rotatable bonds is 4. The molecule has 1 amide bonds. The van der Waals surface area contributed by atoms with E-state index in [2.05, 4.69) is 43.8 Å². The molecule has 0 saturated carbocycles. The van der Waals surface area contributed by atoms with Crippen LogP contribution in [0.25, 0.3) is 0 Å². The second-order valence-electron chi connectivity index (χ2n) is 3.39. The predicted octanol–water partition coefficient (Wildman–Crippen LogP) is 2.90. The van der Waals surface area contributed by atoms with Crippen molar-refractivity contribution in [1.82, 2.24) is 5.32 Å². The van der Waals surface area contributed by atoms with Crippen LogP contribution in [0.5, 0.6) is 5.75 Å². The third-order valence-corrected chi connectivity index (χ3v) is 3.67. The van der Waals surface area contributed by atoms with Gasteiger partial charge in [-0.25, -0.2) is 0 Å². The molecule has 0 spiro atoms. The molecule has 1 rings (SSSR count). The maximum absolute atomic E-state index is 11.9. The van der Waals surface area contributed by atoms with Crippen LogP contribution in [0.1, 0.15) is 23.7 Å². The summed E-state index contributed by atoms with van der Waals surface area (Å²) in [6.45, 7) is 2.00. The van der Waals surface area contributed by atoms with E-state index in [-0.39, 0.29) is 17.7 Å². The van der Waals surface area contributed by atoms with Crippen LogP contribution in [0.3, 0.4) is 0 Å². The van der Waals surface area contributed by atoms with Crippen LogP contribution < -0.4 is 5.32 Å². The van der Waals surface area contributed by atoms with Crippen molar-refractivity contribution in [3.63, 3.8) is 0 Å². The minimum atomic E-state index is -0.234. The molecule has 1 aromatic rings. The highest BCUT2D eigenvalue weighted by atomic mass is 127. The highest BCUT2D eigenvalue weighted by Crippen LogP contribution is 2.19. The van der Waals surface area contributed by atoms with E-state index in [9.17, 15) is 9.90 Å². The first-order valence-corrected chi connectivity index (χ1v) is 7.13. The average molecular weight is 398 g/mol. The number of aromatic hydroxyl groups is 1. The Morgan fingerprint density at radius 3 is 2.88 bits per heavy atom. The molecule has 3 nitrogen and oxygen atoms in total. The number of halogens is 2. The molecule has 0 saturated heterocycles. The Kier molecular flexibility index (Phi) is 5.54. The van der Waals surface area contributed by atoms with Gasteiger partial charge in [0.2, 0.25) is 0 Å². The van der Waals surface area contributed by atoms with E-state index in [1.54, 1.807) is 12.1 Å². The molecule has 0 aromatic heterocycles. The number of phenols is 1. The zero-order chi connectivity index (χ0) is 12.1.